The summed E-state index contributed by atoms with van der Waals surface area (Å²) in [4.78, 5) is 0. The molecule has 0 heterocycles. The van der Waals surface area contributed by atoms with E-state index in [1.54, 1.807) is 0 Å². The predicted octanol–water partition coefficient (Wildman–Crippen LogP) is 1.62. The molecule has 0 amide bonds. The van der Waals surface area contributed by atoms with Gasteiger partial charge in [-0.3, -0.25) is 0 Å². The maximum atomic E-state index is 3.60. The van der Waals surface area contributed by atoms with Gasteiger partial charge in [-0.15, -0.1) is 0 Å². The van der Waals surface area contributed by atoms with Crippen LogP contribution in [0.3, 0.4) is 0 Å². The van der Waals surface area contributed by atoms with Crippen molar-refractivity contribution in [1.82, 2.24) is 0 Å². The van der Waals surface area contributed by atoms with Crippen LogP contribution in [0.2, 0.25) is 0 Å². The number of hydrogen-bond donors (Lipinski definition) is 0. The van der Waals surface area contributed by atoms with E-state index in [-0.39, 0.29) is 20.4 Å². The molecule has 0 aromatic heterocycles. The van der Waals surface area contributed by atoms with Crippen LogP contribution in [0, 0.1) is 6.92 Å². The molecular formula is C4H9Pd+. The fraction of sp³-hybridized carbons (Fsp3) is 0.750. The minimum absolute atomic E-state index is 0. The van der Waals surface area contributed by atoms with E-state index in [1.807, 2.05) is 0 Å². The van der Waals surface area contributed by atoms with Crippen molar-refractivity contribution in [3.8, 4) is 0 Å². The molecule has 0 radical (unpaired) electrons. The van der Waals surface area contributed by atoms with Gasteiger partial charge in [0.25, 0.3) is 0 Å². The van der Waals surface area contributed by atoms with E-state index in [0.717, 1.165) is 6.42 Å². The minimum Gasteiger partial charge on any atom is -0.343 e. The molecule has 0 atom stereocenters. The molecule has 0 unspecified atom stereocenters. The second-order valence-corrected chi connectivity index (χ2v) is 0.854. The third kappa shape index (κ3) is 12.0. The molecule has 0 nitrogen and oxygen atoms in total. The molecule has 0 saturated carbocycles. The summed E-state index contributed by atoms with van der Waals surface area (Å²) in [6, 6.07) is 0. The zero-order valence-electron chi connectivity index (χ0n) is 3.44. The van der Waals surface area contributed by atoms with E-state index in [4.69, 9.17) is 0 Å². The second-order valence-electron chi connectivity index (χ2n) is 0.854. The molecule has 0 fully saturated rings. The molecule has 0 aliphatic carbocycles. The fourth-order valence-corrected chi connectivity index (χ4v) is 0. The van der Waals surface area contributed by atoms with Gasteiger partial charge < -0.3 is 6.92 Å². The molecule has 1 heteroatoms. The zero-order chi connectivity index (χ0) is 3.41. The standard InChI is InChI=1S/C4H9.Pd/c1-3-4-2;/h1,3-4H2,2H3;/q-1;+2. The quantitative estimate of drug-likeness (QED) is 0.407. The summed E-state index contributed by atoms with van der Waals surface area (Å²) in [6.45, 7) is 5.72. The van der Waals surface area contributed by atoms with E-state index in [9.17, 15) is 0 Å². The van der Waals surface area contributed by atoms with Crippen molar-refractivity contribution in [2.75, 3.05) is 0 Å². The first kappa shape index (κ1) is 9.18. The molecule has 0 aliphatic heterocycles. The van der Waals surface area contributed by atoms with E-state index in [2.05, 4.69) is 13.8 Å². The maximum Gasteiger partial charge on any atom is 2.00 e. The van der Waals surface area contributed by atoms with Crippen molar-refractivity contribution < 1.29 is 20.4 Å². The SMILES string of the molecule is [CH2-]CCC.[Pd+2]. The molecule has 0 spiro atoms. The minimum atomic E-state index is 0. The Kier molecular flexibility index (Phi) is 16.2. The predicted molar refractivity (Wildman–Crippen MR) is 20.3 cm³/mol. The molecule has 0 aliphatic rings. The van der Waals surface area contributed by atoms with Gasteiger partial charge in [0, 0.05) is 0 Å². The summed E-state index contributed by atoms with van der Waals surface area (Å²) >= 11 is 0. The Morgan fingerprint density at radius 2 is 1.80 bits per heavy atom. The summed E-state index contributed by atoms with van der Waals surface area (Å²) in [6.07, 6.45) is 2.28. The number of hydrogen-bond acceptors (Lipinski definition) is 0. The fourth-order valence-electron chi connectivity index (χ4n) is 0. The Bertz CT molecular complexity index is 5.61. The maximum absolute atomic E-state index is 3.60. The Balaban J connectivity index is 0. The van der Waals surface area contributed by atoms with Crippen LogP contribution in [0.4, 0.5) is 0 Å². The smallest absolute Gasteiger partial charge is 0.343 e. The molecule has 0 bridgehead atoms. The summed E-state index contributed by atoms with van der Waals surface area (Å²) < 4.78 is 0. The molecule has 0 N–H and O–H groups in total. The van der Waals surface area contributed by atoms with Crippen LogP contribution in [-0.4, -0.2) is 0 Å². The largest absolute Gasteiger partial charge is 2.00 e. The van der Waals surface area contributed by atoms with Crippen molar-refractivity contribution in [1.29, 1.82) is 0 Å². The van der Waals surface area contributed by atoms with Crippen molar-refractivity contribution in [3.05, 3.63) is 6.92 Å². The van der Waals surface area contributed by atoms with Crippen LogP contribution in [0.5, 0.6) is 0 Å². The summed E-state index contributed by atoms with van der Waals surface area (Å²) in [5.74, 6) is 0. The zero-order valence-corrected chi connectivity index (χ0v) is 4.99. The Labute approximate surface area is 47.6 Å². The summed E-state index contributed by atoms with van der Waals surface area (Å²) in [7, 11) is 0. The molecule has 34 valence electrons. The first-order chi connectivity index (χ1) is 1.91. The van der Waals surface area contributed by atoms with Gasteiger partial charge in [0.05, 0.1) is 0 Å². The summed E-state index contributed by atoms with van der Waals surface area (Å²) in [5.41, 5.74) is 0. The molecule has 0 rings (SSSR count). The van der Waals surface area contributed by atoms with E-state index in [0.29, 0.717) is 0 Å². The molecule has 0 saturated heterocycles. The third-order valence-electron chi connectivity index (χ3n) is 0.354. The van der Waals surface area contributed by atoms with Gasteiger partial charge >= 0.3 is 20.4 Å². The van der Waals surface area contributed by atoms with Crippen molar-refractivity contribution >= 4 is 0 Å². The van der Waals surface area contributed by atoms with Crippen molar-refractivity contribution in [3.63, 3.8) is 0 Å². The van der Waals surface area contributed by atoms with Gasteiger partial charge in [0.2, 0.25) is 0 Å². The summed E-state index contributed by atoms with van der Waals surface area (Å²) in [5, 5.41) is 0. The van der Waals surface area contributed by atoms with E-state index >= 15 is 0 Å². The van der Waals surface area contributed by atoms with Crippen LogP contribution in [-0.2, 0) is 20.4 Å². The first-order valence-corrected chi connectivity index (χ1v) is 1.71. The van der Waals surface area contributed by atoms with Crippen LogP contribution in [0.25, 0.3) is 0 Å². The first-order valence-electron chi connectivity index (χ1n) is 1.71. The van der Waals surface area contributed by atoms with Crippen LogP contribution >= 0.6 is 0 Å². The van der Waals surface area contributed by atoms with Crippen LogP contribution in [0.15, 0.2) is 0 Å². The van der Waals surface area contributed by atoms with Gasteiger partial charge in [-0.25, -0.2) is 0 Å². The third-order valence-corrected chi connectivity index (χ3v) is 0.354. The van der Waals surface area contributed by atoms with Gasteiger partial charge in [-0.1, -0.05) is 13.3 Å². The Hall–Kier alpha value is 0.662. The van der Waals surface area contributed by atoms with Crippen molar-refractivity contribution in [2.24, 2.45) is 0 Å². The normalized spacial score (nSPS) is 6.00. The topological polar surface area (TPSA) is 0 Å². The van der Waals surface area contributed by atoms with E-state index < -0.39 is 0 Å². The van der Waals surface area contributed by atoms with Crippen LogP contribution in [0.1, 0.15) is 19.8 Å². The van der Waals surface area contributed by atoms with Gasteiger partial charge in [0.1, 0.15) is 0 Å². The number of unbranched alkanes of at least 4 members (excludes halogenated alkanes) is 1. The molecule has 0 aromatic carbocycles. The Morgan fingerprint density at radius 1 is 1.60 bits per heavy atom. The van der Waals surface area contributed by atoms with Crippen LogP contribution < -0.4 is 0 Å². The average molecular weight is 164 g/mol. The van der Waals surface area contributed by atoms with Gasteiger partial charge in [0.15, 0.2) is 0 Å². The Morgan fingerprint density at radius 3 is 1.80 bits per heavy atom. The van der Waals surface area contributed by atoms with E-state index in [1.165, 1.54) is 6.42 Å². The molecular weight excluding hydrogens is 154 g/mol. The molecule has 0 aromatic rings. The monoisotopic (exact) mass is 163 g/mol. The van der Waals surface area contributed by atoms with Gasteiger partial charge in [-0.05, 0) is 0 Å². The molecule has 5 heavy (non-hydrogen) atoms. The average Bonchev–Trinajstić information content (AvgIpc) is 1.37. The second kappa shape index (κ2) is 8.82. The van der Waals surface area contributed by atoms with Crippen molar-refractivity contribution in [2.45, 2.75) is 19.8 Å². The number of rotatable bonds is 1. The van der Waals surface area contributed by atoms with Gasteiger partial charge in [-0.2, -0.15) is 6.42 Å².